The predicted octanol–water partition coefficient (Wildman–Crippen LogP) is 2.81. The van der Waals surface area contributed by atoms with Gasteiger partial charge in [0.1, 0.15) is 5.69 Å². The summed E-state index contributed by atoms with van der Waals surface area (Å²) in [4.78, 5) is 23.0. The molecule has 0 fully saturated rings. The molecule has 0 aliphatic carbocycles. The van der Waals surface area contributed by atoms with Crippen LogP contribution in [0.4, 0.5) is 0 Å². The van der Waals surface area contributed by atoms with Crippen molar-refractivity contribution >= 4 is 11.8 Å². The Kier molecular flexibility index (Phi) is 3.53. The van der Waals surface area contributed by atoms with Crippen molar-refractivity contribution in [3.05, 3.63) is 72.4 Å². The number of aliphatic carboxylic acids is 1. The van der Waals surface area contributed by atoms with Gasteiger partial charge in [-0.2, -0.15) is 5.10 Å². The molecule has 1 aromatic heterocycles. The number of aromatic nitrogens is 2. The summed E-state index contributed by atoms with van der Waals surface area (Å²) in [7, 11) is 0. The van der Waals surface area contributed by atoms with Gasteiger partial charge in [0.05, 0.1) is 11.3 Å². The molecule has 3 rings (SSSR count). The van der Waals surface area contributed by atoms with Crippen molar-refractivity contribution in [1.82, 2.24) is 9.78 Å². The fraction of sp³-hybridized carbons (Fsp3) is 0. The zero-order valence-electron chi connectivity index (χ0n) is 11.5. The average Bonchev–Trinajstić information content (AvgIpc) is 3.01. The SMILES string of the molecule is O=C(O)C(=O)c1cn(-c2ccccc2)nc1-c1ccccc1. The maximum atomic E-state index is 11.9. The second kappa shape index (κ2) is 5.65. The molecule has 0 saturated carbocycles. The molecule has 0 bridgehead atoms. The van der Waals surface area contributed by atoms with E-state index in [-0.39, 0.29) is 5.56 Å². The maximum Gasteiger partial charge on any atom is 0.377 e. The Morgan fingerprint density at radius 1 is 0.909 bits per heavy atom. The lowest BCUT2D eigenvalue weighted by Crippen LogP contribution is -2.12. The van der Waals surface area contributed by atoms with Gasteiger partial charge in [0.15, 0.2) is 0 Å². The zero-order valence-corrected chi connectivity index (χ0v) is 11.5. The standard InChI is InChI=1S/C17H12N2O3/c20-16(17(21)22)14-11-19(13-9-5-2-6-10-13)18-15(14)12-7-3-1-4-8-12/h1-11H,(H,21,22). The number of hydrogen-bond donors (Lipinski definition) is 1. The van der Waals surface area contributed by atoms with Crippen LogP contribution >= 0.6 is 0 Å². The zero-order chi connectivity index (χ0) is 15.5. The van der Waals surface area contributed by atoms with E-state index in [1.54, 1.807) is 12.1 Å². The third kappa shape index (κ3) is 2.52. The Morgan fingerprint density at radius 2 is 1.50 bits per heavy atom. The number of carboxylic acids is 1. The second-order valence-electron chi connectivity index (χ2n) is 4.67. The number of ketones is 1. The molecule has 0 atom stereocenters. The van der Waals surface area contributed by atoms with Crippen molar-refractivity contribution in [3.63, 3.8) is 0 Å². The molecule has 0 aliphatic rings. The van der Waals surface area contributed by atoms with Crippen LogP contribution in [0.3, 0.4) is 0 Å². The van der Waals surface area contributed by atoms with E-state index in [9.17, 15) is 9.59 Å². The smallest absolute Gasteiger partial charge is 0.377 e. The quantitative estimate of drug-likeness (QED) is 0.593. The van der Waals surface area contributed by atoms with Crippen molar-refractivity contribution in [2.24, 2.45) is 0 Å². The van der Waals surface area contributed by atoms with E-state index in [0.717, 1.165) is 5.69 Å². The highest BCUT2D eigenvalue weighted by Gasteiger charge is 2.23. The summed E-state index contributed by atoms with van der Waals surface area (Å²) in [6, 6.07) is 18.3. The van der Waals surface area contributed by atoms with E-state index >= 15 is 0 Å². The van der Waals surface area contributed by atoms with Crippen molar-refractivity contribution in [2.45, 2.75) is 0 Å². The molecule has 22 heavy (non-hydrogen) atoms. The van der Waals surface area contributed by atoms with E-state index in [4.69, 9.17) is 5.11 Å². The summed E-state index contributed by atoms with van der Waals surface area (Å²) in [6.45, 7) is 0. The summed E-state index contributed by atoms with van der Waals surface area (Å²) in [5.41, 5.74) is 1.88. The Labute approximate surface area is 126 Å². The van der Waals surface area contributed by atoms with Crippen molar-refractivity contribution < 1.29 is 14.7 Å². The molecule has 5 heteroatoms. The molecule has 0 unspecified atom stereocenters. The number of carbonyl (C=O) groups excluding carboxylic acids is 1. The summed E-state index contributed by atoms with van der Waals surface area (Å²) in [5.74, 6) is -2.47. The number of rotatable bonds is 4. The first kappa shape index (κ1) is 13.8. The van der Waals surface area contributed by atoms with Crippen LogP contribution in [0.1, 0.15) is 10.4 Å². The highest BCUT2D eigenvalue weighted by atomic mass is 16.4. The Morgan fingerprint density at radius 3 is 2.09 bits per heavy atom. The molecule has 0 radical (unpaired) electrons. The van der Waals surface area contributed by atoms with Gasteiger partial charge in [-0.25, -0.2) is 9.48 Å². The van der Waals surface area contributed by atoms with Crippen LogP contribution in [0, 0.1) is 0 Å². The van der Waals surface area contributed by atoms with E-state index < -0.39 is 11.8 Å². The van der Waals surface area contributed by atoms with Crippen molar-refractivity contribution in [3.8, 4) is 16.9 Å². The fourth-order valence-corrected chi connectivity index (χ4v) is 2.18. The van der Waals surface area contributed by atoms with E-state index in [0.29, 0.717) is 11.3 Å². The van der Waals surface area contributed by atoms with Gasteiger partial charge in [0, 0.05) is 11.8 Å². The highest BCUT2D eigenvalue weighted by Crippen LogP contribution is 2.24. The van der Waals surface area contributed by atoms with Crippen LogP contribution in [0.25, 0.3) is 16.9 Å². The first-order valence-electron chi connectivity index (χ1n) is 6.65. The van der Waals surface area contributed by atoms with Gasteiger partial charge < -0.3 is 5.11 Å². The molecule has 2 aromatic carbocycles. The molecule has 0 saturated heterocycles. The number of Topliss-reactive ketones (excluding diaryl/α,β-unsaturated/α-hetero) is 1. The molecular formula is C17H12N2O3. The summed E-state index contributed by atoms with van der Waals surface area (Å²) >= 11 is 0. The maximum absolute atomic E-state index is 11.9. The van der Waals surface area contributed by atoms with Gasteiger partial charge in [0.25, 0.3) is 5.78 Å². The molecule has 0 aliphatic heterocycles. The number of nitrogens with zero attached hydrogens (tertiary/aromatic N) is 2. The van der Waals surface area contributed by atoms with E-state index in [2.05, 4.69) is 5.10 Å². The molecule has 3 aromatic rings. The molecule has 1 heterocycles. The van der Waals surface area contributed by atoms with E-state index in [1.807, 2.05) is 48.5 Å². The van der Waals surface area contributed by atoms with Gasteiger partial charge in [-0.3, -0.25) is 4.79 Å². The lowest BCUT2D eigenvalue weighted by Gasteiger charge is -2.00. The number of para-hydroxylation sites is 1. The molecular weight excluding hydrogens is 280 g/mol. The Balaban J connectivity index is 2.17. The minimum Gasteiger partial charge on any atom is -0.475 e. The lowest BCUT2D eigenvalue weighted by atomic mass is 10.1. The van der Waals surface area contributed by atoms with Gasteiger partial charge in [-0.15, -0.1) is 0 Å². The van der Waals surface area contributed by atoms with Crippen LogP contribution in [0.15, 0.2) is 66.9 Å². The normalized spacial score (nSPS) is 10.4. The van der Waals surface area contributed by atoms with Crippen molar-refractivity contribution in [1.29, 1.82) is 0 Å². The van der Waals surface area contributed by atoms with Crippen LogP contribution in [0.2, 0.25) is 0 Å². The van der Waals surface area contributed by atoms with Crippen LogP contribution in [-0.4, -0.2) is 26.6 Å². The second-order valence-corrected chi connectivity index (χ2v) is 4.67. The number of carbonyl (C=O) groups is 2. The predicted molar refractivity (Wildman–Crippen MR) is 81.0 cm³/mol. The van der Waals surface area contributed by atoms with Crippen LogP contribution in [0.5, 0.6) is 0 Å². The van der Waals surface area contributed by atoms with Gasteiger partial charge in [-0.1, -0.05) is 48.5 Å². The van der Waals surface area contributed by atoms with Gasteiger partial charge in [-0.05, 0) is 12.1 Å². The van der Waals surface area contributed by atoms with Crippen molar-refractivity contribution in [2.75, 3.05) is 0 Å². The molecule has 0 amide bonds. The molecule has 1 N–H and O–H groups in total. The monoisotopic (exact) mass is 292 g/mol. The third-order valence-corrected chi connectivity index (χ3v) is 3.22. The number of carboxylic acid groups (broad SMARTS) is 1. The van der Waals surface area contributed by atoms with E-state index in [1.165, 1.54) is 10.9 Å². The first-order valence-corrected chi connectivity index (χ1v) is 6.65. The minimum atomic E-state index is -1.50. The minimum absolute atomic E-state index is 0.0718. The summed E-state index contributed by atoms with van der Waals surface area (Å²) in [6.07, 6.45) is 1.45. The summed E-state index contributed by atoms with van der Waals surface area (Å²) < 4.78 is 1.51. The first-order chi connectivity index (χ1) is 10.7. The topological polar surface area (TPSA) is 72.2 Å². The lowest BCUT2D eigenvalue weighted by molar-refractivity contribution is -0.131. The average molecular weight is 292 g/mol. The number of benzene rings is 2. The fourth-order valence-electron chi connectivity index (χ4n) is 2.18. The molecule has 0 spiro atoms. The van der Waals surface area contributed by atoms with Gasteiger partial charge in [0.2, 0.25) is 0 Å². The van der Waals surface area contributed by atoms with Crippen LogP contribution < -0.4 is 0 Å². The Bertz CT molecular complexity index is 824. The Hall–Kier alpha value is -3.21. The summed E-state index contributed by atoms with van der Waals surface area (Å²) in [5, 5.41) is 13.4. The molecule has 5 nitrogen and oxygen atoms in total. The molecule has 108 valence electrons. The third-order valence-electron chi connectivity index (χ3n) is 3.22. The number of hydrogen-bond acceptors (Lipinski definition) is 3. The highest BCUT2D eigenvalue weighted by molar-refractivity contribution is 6.41. The largest absolute Gasteiger partial charge is 0.475 e. The van der Waals surface area contributed by atoms with Crippen LogP contribution in [-0.2, 0) is 4.79 Å². The van der Waals surface area contributed by atoms with Gasteiger partial charge >= 0.3 is 5.97 Å².